The lowest BCUT2D eigenvalue weighted by Crippen LogP contribution is -2.45. The number of hydrogen-bond acceptors (Lipinski definition) is 4. The minimum Gasteiger partial charge on any atom is -0.504 e. The molecule has 0 saturated carbocycles. The Balaban J connectivity index is 1.92. The van der Waals surface area contributed by atoms with E-state index in [-0.39, 0.29) is 5.75 Å². The van der Waals surface area contributed by atoms with Crippen LogP contribution >= 0.6 is 0 Å². The molecule has 2 heterocycles. The fourth-order valence-corrected chi connectivity index (χ4v) is 3.58. The van der Waals surface area contributed by atoms with Crippen LogP contribution in [0.3, 0.4) is 0 Å². The van der Waals surface area contributed by atoms with Crippen molar-refractivity contribution in [3.8, 4) is 11.5 Å². The zero-order valence-corrected chi connectivity index (χ0v) is 13.6. The summed E-state index contributed by atoms with van der Waals surface area (Å²) in [6.45, 7) is 0. The minimum atomic E-state index is -0.914. The number of methoxy groups -OCH3 is 1. The Morgan fingerprint density at radius 3 is 2.76 bits per heavy atom. The summed E-state index contributed by atoms with van der Waals surface area (Å²) in [5, 5.41) is 24.2. The molecule has 0 amide bonds. The van der Waals surface area contributed by atoms with E-state index in [1.54, 1.807) is 18.2 Å². The zero-order chi connectivity index (χ0) is 17.6. The number of aromatic nitrogens is 1. The quantitative estimate of drug-likeness (QED) is 0.589. The molecule has 6 nitrogen and oxygen atoms in total. The molecule has 0 radical (unpaired) electrons. The lowest BCUT2D eigenvalue weighted by molar-refractivity contribution is -0.139. The van der Waals surface area contributed by atoms with Crippen molar-refractivity contribution in [3.63, 3.8) is 0 Å². The van der Waals surface area contributed by atoms with E-state index in [1.165, 1.54) is 7.11 Å². The van der Waals surface area contributed by atoms with Crippen molar-refractivity contribution >= 4 is 16.9 Å². The number of H-pyrrole nitrogens is 1. The first-order valence-electron chi connectivity index (χ1n) is 8.04. The second kappa shape index (κ2) is 5.82. The number of carbonyl (C=O) groups is 1. The molecule has 1 aliphatic rings. The number of aliphatic carboxylic acids is 1. The lowest BCUT2D eigenvalue weighted by atomic mass is 9.90. The second-order valence-electron chi connectivity index (χ2n) is 6.16. The predicted octanol–water partition coefficient (Wildman–Crippen LogP) is 2.57. The number of benzene rings is 2. The third-order valence-electron chi connectivity index (χ3n) is 4.77. The van der Waals surface area contributed by atoms with Crippen LogP contribution in [0, 0.1) is 0 Å². The third-order valence-corrected chi connectivity index (χ3v) is 4.77. The Kier molecular flexibility index (Phi) is 3.62. The van der Waals surface area contributed by atoms with Gasteiger partial charge in [-0.05, 0) is 17.7 Å². The lowest BCUT2D eigenvalue weighted by Gasteiger charge is -2.30. The van der Waals surface area contributed by atoms with Gasteiger partial charge < -0.3 is 19.9 Å². The van der Waals surface area contributed by atoms with Crippen molar-refractivity contribution in [2.45, 2.75) is 18.5 Å². The summed E-state index contributed by atoms with van der Waals surface area (Å²) in [5.41, 5.74) is 3.38. The summed E-state index contributed by atoms with van der Waals surface area (Å²) in [5.74, 6) is -0.545. The van der Waals surface area contributed by atoms with Gasteiger partial charge in [0.25, 0.3) is 0 Å². The number of aromatic amines is 1. The van der Waals surface area contributed by atoms with Crippen molar-refractivity contribution in [1.82, 2.24) is 10.3 Å². The van der Waals surface area contributed by atoms with E-state index in [9.17, 15) is 15.0 Å². The van der Waals surface area contributed by atoms with Gasteiger partial charge in [-0.2, -0.15) is 0 Å². The van der Waals surface area contributed by atoms with Crippen LogP contribution in [0.2, 0.25) is 0 Å². The molecule has 25 heavy (non-hydrogen) atoms. The van der Waals surface area contributed by atoms with Crippen molar-refractivity contribution in [1.29, 1.82) is 0 Å². The molecule has 1 aliphatic heterocycles. The fraction of sp³-hybridized carbons (Fsp3) is 0.211. The maximum absolute atomic E-state index is 11.6. The minimum absolute atomic E-state index is 0.0122. The van der Waals surface area contributed by atoms with E-state index in [2.05, 4.69) is 10.3 Å². The number of hydrogen-bond donors (Lipinski definition) is 4. The molecule has 0 saturated heterocycles. The Morgan fingerprint density at radius 1 is 1.20 bits per heavy atom. The highest BCUT2D eigenvalue weighted by Gasteiger charge is 2.35. The van der Waals surface area contributed by atoms with Gasteiger partial charge in [-0.15, -0.1) is 0 Å². The Bertz CT molecular complexity index is 963. The van der Waals surface area contributed by atoms with Gasteiger partial charge in [0.15, 0.2) is 11.5 Å². The van der Waals surface area contributed by atoms with Crippen LogP contribution in [0.1, 0.15) is 22.9 Å². The number of carboxylic acid groups (broad SMARTS) is 1. The van der Waals surface area contributed by atoms with E-state index < -0.39 is 18.1 Å². The van der Waals surface area contributed by atoms with E-state index in [1.807, 2.05) is 24.3 Å². The van der Waals surface area contributed by atoms with Gasteiger partial charge in [0.05, 0.1) is 13.2 Å². The molecule has 0 unspecified atom stereocenters. The van der Waals surface area contributed by atoms with Crippen LogP contribution in [-0.2, 0) is 11.2 Å². The molecule has 6 heteroatoms. The number of carboxylic acids is 1. The average molecular weight is 338 g/mol. The summed E-state index contributed by atoms with van der Waals surface area (Å²) < 4.78 is 5.19. The Hall–Kier alpha value is -2.99. The van der Waals surface area contributed by atoms with Crippen LogP contribution < -0.4 is 10.1 Å². The summed E-state index contributed by atoms with van der Waals surface area (Å²) in [4.78, 5) is 15.0. The number of aromatic hydroxyl groups is 1. The Labute approximate surface area is 144 Å². The van der Waals surface area contributed by atoms with Gasteiger partial charge in [0.1, 0.15) is 6.04 Å². The van der Waals surface area contributed by atoms with Crippen LogP contribution in [0.25, 0.3) is 10.9 Å². The molecule has 128 valence electrons. The van der Waals surface area contributed by atoms with E-state index in [0.717, 1.165) is 22.2 Å². The van der Waals surface area contributed by atoms with Gasteiger partial charge in [0, 0.05) is 28.6 Å². The number of phenolic OH excluding ortho intramolecular Hbond substituents is 1. The molecular weight excluding hydrogens is 320 g/mol. The number of ether oxygens (including phenoxy) is 1. The Morgan fingerprint density at radius 2 is 2.00 bits per heavy atom. The smallest absolute Gasteiger partial charge is 0.321 e. The first-order valence-corrected chi connectivity index (χ1v) is 8.04. The predicted molar refractivity (Wildman–Crippen MR) is 93.1 cm³/mol. The second-order valence-corrected chi connectivity index (χ2v) is 6.16. The van der Waals surface area contributed by atoms with Gasteiger partial charge in [-0.3, -0.25) is 10.1 Å². The van der Waals surface area contributed by atoms with Crippen LogP contribution in [0.4, 0.5) is 0 Å². The van der Waals surface area contributed by atoms with Crippen LogP contribution in [-0.4, -0.2) is 34.3 Å². The SMILES string of the molecule is COc1cccc([C@@H]2N[C@@H](C(=O)O)Cc3c2[nH]c2ccccc32)c1O. The number of para-hydroxylation sites is 2. The van der Waals surface area contributed by atoms with E-state index in [0.29, 0.717) is 17.7 Å². The molecule has 0 bridgehead atoms. The topological polar surface area (TPSA) is 94.6 Å². The molecule has 0 fully saturated rings. The van der Waals surface area contributed by atoms with Crippen LogP contribution in [0.15, 0.2) is 42.5 Å². The first-order chi connectivity index (χ1) is 12.1. The van der Waals surface area contributed by atoms with Crippen molar-refractivity contribution < 1.29 is 19.7 Å². The molecule has 0 aliphatic carbocycles. The summed E-state index contributed by atoms with van der Waals surface area (Å²) >= 11 is 0. The highest BCUT2D eigenvalue weighted by molar-refractivity contribution is 5.87. The molecule has 1 aromatic heterocycles. The molecule has 0 spiro atoms. The molecular formula is C19H18N2O4. The van der Waals surface area contributed by atoms with Gasteiger partial charge in [-0.25, -0.2) is 0 Å². The summed E-state index contributed by atoms with van der Waals surface area (Å²) in [7, 11) is 1.49. The molecule has 4 rings (SSSR count). The van der Waals surface area contributed by atoms with Crippen LogP contribution in [0.5, 0.6) is 11.5 Å². The number of fused-ring (bicyclic) bond motifs is 3. The largest absolute Gasteiger partial charge is 0.504 e. The van der Waals surface area contributed by atoms with Crippen molar-refractivity contribution in [3.05, 3.63) is 59.3 Å². The van der Waals surface area contributed by atoms with Gasteiger partial charge in [-0.1, -0.05) is 30.3 Å². The van der Waals surface area contributed by atoms with E-state index >= 15 is 0 Å². The fourth-order valence-electron chi connectivity index (χ4n) is 3.58. The molecule has 3 aromatic rings. The highest BCUT2D eigenvalue weighted by Crippen LogP contribution is 2.41. The monoisotopic (exact) mass is 338 g/mol. The number of nitrogens with one attached hydrogen (secondary N) is 2. The van der Waals surface area contributed by atoms with Gasteiger partial charge in [0.2, 0.25) is 0 Å². The van der Waals surface area contributed by atoms with Gasteiger partial charge >= 0.3 is 5.97 Å². The average Bonchev–Trinajstić information content (AvgIpc) is 3.00. The molecule has 2 aromatic carbocycles. The molecule has 4 N–H and O–H groups in total. The third kappa shape index (κ3) is 2.42. The van der Waals surface area contributed by atoms with Crippen molar-refractivity contribution in [2.75, 3.05) is 7.11 Å². The highest BCUT2D eigenvalue weighted by atomic mass is 16.5. The normalized spacial score (nSPS) is 19.6. The first kappa shape index (κ1) is 15.5. The number of rotatable bonds is 3. The number of phenols is 1. The summed E-state index contributed by atoms with van der Waals surface area (Å²) in [6.07, 6.45) is 0.385. The summed E-state index contributed by atoms with van der Waals surface area (Å²) in [6, 6.07) is 11.8. The zero-order valence-electron chi connectivity index (χ0n) is 13.6. The maximum Gasteiger partial charge on any atom is 0.321 e. The van der Waals surface area contributed by atoms with E-state index in [4.69, 9.17) is 4.74 Å². The standard InChI is InChI=1S/C19H18N2O4/c1-25-15-8-4-6-11(18(15)22)16-17-12(9-14(21-16)19(23)24)10-5-2-3-7-13(10)20-17/h2-8,14,16,20-22H,9H2,1H3,(H,23,24)/t14-,16+/m1/s1. The maximum atomic E-state index is 11.6. The molecule has 2 atom stereocenters. The van der Waals surface area contributed by atoms with Crippen molar-refractivity contribution in [2.24, 2.45) is 0 Å².